The van der Waals surface area contributed by atoms with E-state index in [0.29, 0.717) is 0 Å². The fourth-order valence-electron chi connectivity index (χ4n) is 1.17. The summed E-state index contributed by atoms with van der Waals surface area (Å²) in [5.74, 6) is 0.953. The Morgan fingerprint density at radius 2 is 1.92 bits per heavy atom. The smallest absolute Gasteiger partial charge is 0.124 e. The molecule has 0 atom stereocenters. The first-order valence-corrected chi connectivity index (χ1v) is 4.64. The molecular formula is C12H20O. The van der Waals surface area contributed by atoms with E-state index in [9.17, 15) is 0 Å². The summed E-state index contributed by atoms with van der Waals surface area (Å²) in [7, 11) is 1.70. The molecule has 0 aromatic rings. The summed E-state index contributed by atoms with van der Waals surface area (Å²) in [5.41, 5.74) is 3.45. The average molecular weight is 180 g/mol. The van der Waals surface area contributed by atoms with Gasteiger partial charge in [0.2, 0.25) is 0 Å². The SMILES string of the molecule is C=C(CC)/C(C)=C(OC)\C(C)=C/C. The predicted molar refractivity (Wildman–Crippen MR) is 58.6 cm³/mol. The van der Waals surface area contributed by atoms with Crippen LogP contribution in [0.2, 0.25) is 0 Å². The molecule has 0 spiro atoms. The molecule has 0 aromatic heterocycles. The summed E-state index contributed by atoms with van der Waals surface area (Å²) in [6.07, 6.45) is 3.01. The second-order valence-electron chi connectivity index (χ2n) is 3.09. The number of methoxy groups -OCH3 is 1. The van der Waals surface area contributed by atoms with Gasteiger partial charge in [-0.1, -0.05) is 19.6 Å². The van der Waals surface area contributed by atoms with E-state index in [0.717, 1.165) is 28.9 Å². The zero-order valence-electron chi connectivity index (χ0n) is 9.40. The van der Waals surface area contributed by atoms with Crippen molar-refractivity contribution >= 4 is 0 Å². The van der Waals surface area contributed by atoms with Crippen LogP contribution >= 0.6 is 0 Å². The van der Waals surface area contributed by atoms with E-state index in [-0.39, 0.29) is 0 Å². The van der Waals surface area contributed by atoms with Crippen LogP contribution in [-0.4, -0.2) is 7.11 Å². The third-order valence-electron chi connectivity index (χ3n) is 2.29. The van der Waals surface area contributed by atoms with Gasteiger partial charge in [0.15, 0.2) is 0 Å². The lowest BCUT2D eigenvalue weighted by atomic mass is 10.0. The topological polar surface area (TPSA) is 9.23 Å². The number of hydrogen-bond donors (Lipinski definition) is 0. The average Bonchev–Trinajstić information content (AvgIpc) is 2.17. The van der Waals surface area contributed by atoms with Crippen LogP contribution in [0, 0.1) is 0 Å². The van der Waals surface area contributed by atoms with Crippen molar-refractivity contribution in [3.05, 3.63) is 35.1 Å². The Labute approximate surface area is 81.8 Å². The van der Waals surface area contributed by atoms with Gasteiger partial charge in [-0.25, -0.2) is 0 Å². The molecule has 0 fully saturated rings. The first kappa shape index (κ1) is 12.0. The minimum absolute atomic E-state index is 0.953. The minimum Gasteiger partial charge on any atom is -0.496 e. The van der Waals surface area contributed by atoms with E-state index in [1.54, 1.807) is 7.11 Å². The molecule has 0 aliphatic carbocycles. The minimum atomic E-state index is 0.953. The van der Waals surface area contributed by atoms with Crippen LogP contribution in [0.4, 0.5) is 0 Å². The highest BCUT2D eigenvalue weighted by molar-refractivity contribution is 5.37. The Bertz CT molecular complexity index is 244. The molecule has 0 aliphatic heterocycles. The normalized spacial score (nSPS) is 13.8. The van der Waals surface area contributed by atoms with Gasteiger partial charge in [0, 0.05) is 0 Å². The van der Waals surface area contributed by atoms with Crippen molar-refractivity contribution in [3.63, 3.8) is 0 Å². The molecule has 1 nitrogen and oxygen atoms in total. The molecule has 0 aromatic carbocycles. The summed E-state index contributed by atoms with van der Waals surface area (Å²) in [5, 5.41) is 0. The molecule has 13 heavy (non-hydrogen) atoms. The number of allylic oxidation sites excluding steroid dienone is 4. The molecule has 0 aliphatic rings. The summed E-state index contributed by atoms with van der Waals surface area (Å²) in [6.45, 7) is 12.2. The fourth-order valence-corrected chi connectivity index (χ4v) is 1.17. The van der Waals surface area contributed by atoms with E-state index in [2.05, 4.69) is 20.4 Å². The molecule has 0 unspecified atom stereocenters. The number of hydrogen-bond acceptors (Lipinski definition) is 1. The van der Waals surface area contributed by atoms with E-state index in [1.165, 1.54) is 0 Å². The fraction of sp³-hybridized carbons (Fsp3) is 0.500. The lowest BCUT2D eigenvalue weighted by Gasteiger charge is -2.12. The molecule has 0 bridgehead atoms. The van der Waals surface area contributed by atoms with Crippen molar-refractivity contribution in [2.75, 3.05) is 7.11 Å². The van der Waals surface area contributed by atoms with Crippen LogP contribution in [0.25, 0.3) is 0 Å². The molecule has 0 radical (unpaired) electrons. The van der Waals surface area contributed by atoms with Crippen molar-refractivity contribution in [2.45, 2.75) is 34.1 Å². The van der Waals surface area contributed by atoms with Gasteiger partial charge < -0.3 is 4.74 Å². The number of ether oxygens (including phenoxy) is 1. The van der Waals surface area contributed by atoms with Crippen molar-refractivity contribution < 1.29 is 4.74 Å². The van der Waals surface area contributed by atoms with Crippen LogP contribution in [0.5, 0.6) is 0 Å². The van der Waals surface area contributed by atoms with Gasteiger partial charge in [0.25, 0.3) is 0 Å². The number of rotatable bonds is 4. The molecular weight excluding hydrogens is 160 g/mol. The zero-order valence-corrected chi connectivity index (χ0v) is 9.40. The van der Waals surface area contributed by atoms with Crippen LogP contribution < -0.4 is 0 Å². The van der Waals surface area contributed by atoms with Gasteiger partial charge in [0.1, 0.15) is 5.76 Å². The molecule has 0 amide bonds. The van der Waals surface area contributed by atoms with Crippen LogP contribution in [0.1, 0.15) is 34.1 Å². The maximum Gasteiger partial charge on any atom is 0.124 e. The summed E-state index contributed by atoms with van der Waals surface area (Å²) >= 11 is 0. The Morgan fingerprint density at radius 3 is 2.23 bits per heavy atom. The van der Waals surface area contributed by atoms with Crippen molar-refractivity contribution in [1.29, 1.82) is 0 Å². The maximum absolute atomic E-state index is 5.34. The standard InChI is InChI=1S/C12H20O/c1-7-9(3)11(5)12(13-6)10(4)8-2/h8H,3,7H2,1-2,4-6H3/b10-8-,12-11+. The molecule has 0 N–H and O–H groups in total. The summed E-state index contributed by atoms with van der Waals surface area (Å²) in [6, 6.07) is 0. The first-order valence-electron chi connectivity index (χ1n) is 4.64. The molecule has 1 heteroatoms. The first-order chi connectivity index (χ1) is 6.08. The second kappa shape index (κ2) is 5.63. The van der Waals surface area contributed by atoms with Crippen LogP contribution in [0.15, 0.2) is 35.1 Å². The van der Waals surface area contributed by atoms with Gasteiger partial charge in [0.05, 0.1) is 7.11 Å². The summed E-state index contributed by atoms with van der Waals surface area (Å²) in [4.78, 5) is 0. The van der Waals surface area contributed by atoms with Gasteiger partial charge >= 0.3 is 0 Å². The van der Waals surface area contributed by atoms with Crippen molar-refractivity contribution in [1.82, 2.24) is 0 Å². The molecule has 0 saturated carbocycles. The van der Waals surface area contributed by atoms with Gasteiger partial charge in [-0.3, -0.25) is 0 Å². The lowest BCUT2D eigenvalue weighted by Crippen LogP contribution is -1.95. The van der Waals surface area contributed by atoms with Gasteiger partial charge in [-0.2, -0.15) is 0 Å². The monoisotopic (exact) mass is 180 g/mol. The van der Waals surface area contributed by atoms with Crippen molar-refractivity contribution in [3.8, 4) is 0 Å². The highest BCUT2D eigenvalue weighted by Gasteiger charge is 2.05. The Balaban J connectivity index is 5.01. The molecule has 0 rings (SSSR count). The highest BCUT2D eigenvalue weighted by Crippen LogP contribution is 2.21. The third kappa shape index (κ3) is 3.10. The van der Waals surface area contributed by atoms with E-state index < -0.39 is 0 Å². The van der Waals surface area contributed by atoms with Crippen molar-refractivity contribution in [2.24, 2.45) is 0 Å². The zero-order chi connectivity index (χ0) is 10.4. The van der Waals surface area contributed by atoms with E-state index in [4.69, 9.17) is 4.74 Å². The lowest BCUT2D eigenvalue weighted by molar-refractivity contribution is 0.296. The Morgan fingerprint density at radius 1 is 1.38 bits per heavy atom. The molecule has 0 heterocycles. The van der Waals surface area contributed by atoms with Crippen LogP contribution in [0.3, 0.4) is 0 Å². The van der Waals surface area contributed by atoms with Crippen LogP contribution in [-0.2, 0) is 4.74 Å². The Hall–Kier alpha value is -0.980. The molecule has 74 valence electrons. The van der Waals surface area contributed by atoms with Gasteiger partial charge in [-0.15, -0.1) is 0 Å². The van der Waals surface area contributed by atoms with E-state index in [1.807, 2.05) is 19.9 Å². The van der Waals surface area contributed by atoms with Gasteiger partial charge in [-0.05, 0) is 43.9 Å². The second-order valence-corrected chi connectivity index (χ2v) is 3.09. The largest absolute Gasteiger partial charge is 0.496 e. The maximum atomic E-state index is 5.34. The Kier molecular flexibility index (Phi) is 5.20. The predicted octanol–water partition coefficient (Wildman–Crippen LogP) is 3.84. The summed E-state index contributed by atoms with van der Waals surface area (Å²) < 4.78 is 5.34. The van der Waals surface area contributed by atoms with E-state index >= 15 is 0 Å². The quantitative estimate of drug-likeness (QED) is 0.472. The highest BCUT2D eigenvalue weighted by atomic mass is 16.5. The third-order valence-corrected chi connectivity index (χ3v) is 2.29. The molecule has 0 saturated heterocycles.